The first-order valence-electron chi connectivity index (χ1n) is 10.0. The minimum atomic E-state index is -0.331. The fraction of sp³-hybridized carbons (Fsp3) is 0.348. The third-order valence-electron chi connectivity index (χ3n) is 4.29. The molecule has 0 unspecified atom stereocenters. The summed E-state index contributed by atoms with van der Waals surface area (Å²) in [5.41, 5.74) is 1.46. The number of rotatable bonds is 11. The molecule has 2 rings (SSSR count). The van der Waals surface area contributed by atoms with E-state index in [0.29, 0.717) is 44.2 Å². The van der Waals surface area contributed by atoms with E-state index in [0.717, 1.165) is 5.56 Å². The van der Waals surface area contributed by atoms with Crippen molar-refractivity contribution in [3.8, 4) is 5.75 Å². The van der Waals surface area contributed by atoms with Crippen molar-refractivity contribution in [2.75, 3.05) is 33.5 Å². The van der Waals surface area contributed by atoms with Crippen LogP contribution in [0.3, 0.4) is 0 Å². The average molecular weight is 445 g/mol. The van der Waals surface area contributed by atoms with Gasteiger partial charge in [0.05, 0.1) is 19.6 Å². The highest BCUT2D eigenvalue weighted by Crippen LogP contribution is 2.13. The van der Waals surface area contributed by atoms with E-state index in [2.05, 4.69) is 5.32 Å². The highest BCUT2D eigenvalue weighted by atomic mass is 32.1. The van der Waals surface area contributed by atoms with Crippen molar-refractivity contribution in [1.29, 1.82) is 0 Å². The second-order valence-corrected chi connectivity index (χ2v) is 6.97. The first kappa shape index (κ1) is 24.3. The zero-order valence-electron chi connectivity index (χ0n) is 17.8. The van der Waals surface area contributed by atoms with E-state index in [1.54, 1.807) is 43.2 Å². The molecule has 0 saturated carbocycles. The van der Waals surface area contributed by atoms with Crippen LogP contribution >= 0.6 is 12.2 Å². The van der Waals surface area contributed by atoms with Crippen molar-refractivity contribution in [1.82, 2.24) is 10.2 Å². The van der Waals surface area contributed by atoms with Gasteiger partial charge in [0, 0.05) is 25.8 Å². The zero-order chi connectivity index (χ0) is 22.5. The summed E-state index contributed by atoms with van der Waals surface area (Å²) in [6.45, 7) is 3.80. The highest BCUT2D eigenvalue weighted by molar-refractivity contribution is 7.80. The molecule has 0 aliphatic rings. The molecule has 0 spiro atoms. The third-order valence-corrected chi connectivity index (χ3v) is 4.65. The van der Waals surface area contributed by atoms with Crippen molar-refractivity contribution in [3.05, 3.63) is 65.7 Å². The number of hydrogen-bond donors (Lipinski definition) is 1. The second kappa shape index (κ2) is 13.4. The minimum absolute atomic E-state index is 0.171. The van der Waals surface area contributed by atoms with E-state index in [4.69, 9.17) is 26.4 Å². The summed E-state index contributed by atoms with van der Waals surface area (Å²) in [6, 6.07) is 16.5. The van der Waals surface area contributed by atoms with E-state index in [9.17, 15) is 9.59 Å². The first-order valence-corrected chi connectivity index (χ1v) is 10.5. The maximum absolute atomic E-state index is 12.6. The molecule has 0 aromatic heterocycles. The molecule has 0 aliphatic heterocycles. The SMILES string of the molecule is CCOC(=O)CCN(Cc1ccccc1)C(=S)NC(=O)c1ccc(OCCOC)cc1. The lowest BCUT2D eigenvalue weighted by molar-refractivity contribution is -0.143. The topological polar surface area (TPSA) is 77.1 Å². The van der Waals surface area contributed by atoms with Crippen LogP contribution in [0.15, 0.2) is 54.6 Å². The number of benzene rings is 2. The number of carbonyl (C=O) groups excluding carboxylic acids is 2. The summed E-state index contributed by atoms with van der Waals surface area (Å²) in [4.78, 5) is 26.2. The van der Waals surface area contributed by atoms with Crippen LogP contribution in [0.4, 0.5) is 0 Å². The molecule has 1 N–H and O–H groups in total. The van der Waals surface area contributed by atoms with Crippen LogP contribution in [0, 0.1) is 0 Å². The Labute approximate surface area is 188 Å². The van der Waals surface area contributed by atoms with Gasteiger partial charge in [0.2, 0.25) is 0 Å². The predicted molar refractivity (Wildman–Crippen MR) is 122 cm³/mol. The number of hydrogen-bond acceptors (Lipinski definition) is 6. The minimum Gasteiger partial charge on any atom is -0.491 e. The lowest BCUT2D eigenvalue weighted by Crippen LogP contribution is -2.43. The van der Waals surface area contributed by atoms with Crippen LogP contribution in [0.1, 0.15) is 29.3 Å². The molecule has 0 atom stereocenters. The molecule has 0 aliphatic carbocycles. The number of methoxy groups -OCH3 is 1. The Kier molecular flexibility index (Phi) is 10.5. The predicted octanol–water partition coefficient (Wildman–Crippen LogP) is 3.18. The monoisotopic (exact) mass is 444 g/mol. The van der Waals surface area contributed by atoms with Crippen LogP contribution in [0.2, 0.25) is 0 Å². The Morgan fingerprint density at radius 3 is 2.39 bits per heavy atom. The summed E-state index contributed by atoms with van der Waals surface area (Å²) >= 11 is 5.47. The van der Waals surface area contributed by atoms with Gasteiger partial charge in [-0.1, -0.05) is 30.3 Å². The number of ether oxygens (including phenoxy) is 3. The van der Waals surface area contributed by atoms with Crippen molar-refractivity contribution < 1.29 is 23.8 Å². The summed E-state index contributed by atoms with van der Waals surface area (Å²) in [5.74, 6) is 0.0118. The molecule has 7 nitrogen and oxygen atoms in total. The molecule has 1 amide bonds. The maximum Gasteiger partial charge on any atom is 0.307 e. The van der Waals surface area contributed by atoms with Crippen LogP contribution < -0.4 is 10.1 Å². The van der Waals surface area contributed by atoms with Crippen molar-refractivity contribution in [2.45, 2.75) is 19.9 Å². The molecule has 2 aromatic rings. The van der Waals surface area contributed by atoms with Gasteiger partial charge in [-0.05, 0) is 49.0 Å². The van der Waals surface area contributed by atoms with Gasteiger partial charge < -0.3 is 19.1 Å². The van der Waals surface area contributed by atoms with Crippen molar-refractivity contribution in [2.24, 2.45) is 0 Å². The van der Waals surface area contributed by atoms with E-state index in [-0.39, 0.29) is 23.4 Å². The molecule has 0 bridgehead atoms. The standard InChI is InChI=1S/C23H28N2O5S/c1-3-29-21(26)13-14-25(17-18-7-5-4-6-8-18)23(31)24-22(27)19-9-11-20(12-10-19)30-16-15-28-2/h4-12H,3,13-17H2,1-2H3,(H,24,27,31). The molecule has 166 valence electrons. The number of carbonyl (C=O) groups is 2. The number of nitrogens with zero attached hydrogens (tertiary/aromatic N) is 1. The van der Waals surface area contributed by atoms with Gasteiger partial charge >= 0.3 is 5.97 Å². The highest BCUT2D eigenvalue weighted by Gasteiger charge is 2.16. The largest absolute Gasteiger partial charge is 0.491 e. The lowest BCUT2D eigenvalue weighted by atomic mass is 10.2. The van der Waals surface area contributed by atoms with Gasteiger partial charge in [-0.2, -0.15) is 0 Å². The second-order valence-electron chi connectivity index (χ2n) is 6.59. The van der Waals surface area contributed by atoms with Crippen LogP contribution in [-0.2, 0) is 20.8 Å². The zero-order valence-corrected chi connectivity index (χ0v) is 18.7. The van der Waals surface area contributed by atoms with E-state index in [1.165, 1.54) is 0 Å². The third kappa shape index (κ3) is 8.74. The van der Waals surface area contributed by atoms with Crippen molar-refractivity contribution in [3.63, 3.8) is 0 Å². The maximum atomic E-state index is 12.6. The molecular formula is C23H28N2O5S. The molecule has 0 saturated heterocycles. The van der Waals surface area contributed by atoms with Crippen LogP contribution in [0.5, 0.6) is 5.75 Å². The number of nitrogens with one attached hydrogen (secondary N) is 1. The molecule has 0 heterocycles. The first-order chi connectivity index (χ1) is 15.0. The Hall–Kier alpha value is -2.97. The van der Waals surface area contributed by atoms with Gasteiger partial charge in [0.25, 0.3) is 5.91 Å². The number of esters is 1. The van der Waals surface area contributed by atoms with E-state index < -0.39 is 0 Å². The Bertz CT molecular complexity index is 843. The van der Waals surface area contributed by atoms with Gasteiger partial charge in [-0.25, -0.2) is 0 Å². The number of amides is 1. The van der Waals surface area contributed by atoms with Crippen molar-refractivity contribution >= 4 is 29.2 Å². The summed E-state index contributed by atoms with van der Waals surface area (Å²) in [7, 11) is 1.60. The smallest absolute Gasteiger partial charge is 0.307 e. The molecule has 0 radical (unpaired) electrons. The Balaban J connectivity index is 2.00. The van der Waals surface area contributed by atoms with Gasteiger partial charge in [0.1, 0.15) is 12.4 Å². The number of thiocarbonyl (C=S) groups is 1. The van der Waals surface area contributed by atoms with Crippen LogP contribution in [-0.4, -0.2) is 55.4 Å². The molecule has 2 aromatic carbocycles. The molecule has 31 heavy (non-hydrogen) atoms. The quantitative estimate of drug-likeness (QED) is 0.324. The van der Waals surface area contributed by atoms with E-state index >= 15 is 0 Å². The Morgan fingerprint density at radius 2 is 1.74 bits per heavy atom. The summed E-state index contributed by atoms with van der Waals surface area (Å²) in [6.07, 6.45) is 0.171. The average Bonchev–Trinajstić information content (AvgIpc) is 2.78. The summed E-state index contributed by atoms with van der Waals surface area (Å²) in [5, 5.41) is 3.00. The fourth-order valence-electron chi connectivity index (χ4n) is 2.71. The lowest BCUT2D eigenvalue weighted by Gasteiger charge is -2.25. The molecular weight excluding hydrogens is 416 g/mol. The normalized spacial score (nSPS) is 10.3. The van der Waals surface area contributed by atoms with E-state index in [1.807, 2.05) is 30.3 Å². The fourth-order valence-corrected chi connectivity index (χ4v) is 2.96. The van der Waals surface area contributed by atoms with Gasteiger partial charge in [-0.3, -0.25) is 14.9 Å². The Morgan fingerprint density at radius 1 is 1.03 bits per heavy atom. The van der Waals surface area contributed by atoms with Crippen LogP contribution in [0.25, 0.3) is 0 Å². The molecule has 0 fully saturated rings. The van der Waals surface area contributed by atoms with Gasteiger partial charge in [-0.15, -0.1) is 0 Å². The molecule has 8 heteroatoms. The van der Waals surface area contributed by atoms with Gasteiger partial charge in [0.15, 0.2) is 5.11 Å². The summed E-state index contributed by atoms with van der Waals surface area (Å²) < 4.78 is 15.5.